The molecule has 36 heavy (non-hydrogen) atoms. The third-order valence-electron chi connectivity index (χ3n) is 4.84. The average Bonchev–Trinajstić information content (AvgIpc) is 3.22. The molecule has 3 aromatic carbocycles. The van der Waals surface area contributed by atoms with Gasteiger partial charge in [0.15, 0.2) is 0 Å². The predicted molar refractivity (Wildman–Crippen MR) is 136 cm³/mol. The zero-order valence-electron chi connectivity index (χ0n) is 19.2. The number of amides is 1. The summed E-state index contributed by atoms with van der Waals surface area (Å²) >= 11 is 7.43. The standard InChI is InChI=1S/C19H19ClN2O2S.C7H5F3.W/c1-2-3-12-21-18-19(23)22(13-25-18)15-6-10-17(11-7-15)24-16-8-4-14(20)5-9-16;8-7(9,10)6-4-2-1-3-5-6;/h4-11,18H,1-3,12-13H2;1-5H;/q-2;;+2. The van der Waals surface area contributed by atoms with Crippen LogP contribution in [-0.4, -0.2) is 23.7 Å². The van der Waals surface area contributed by atoms with E-state index in [1.807, 2.05) is 36.4 Å². The van der Waals surface area contributed by atoms with Crippen molar-refractivity contribution in [2.45, 2.75) is 24.4 Å². The second-order valence-corrected chi connectivity index (χ2v) is 8.92. The first kappa shape index (κ1) is 30.2. The van der Waals surface area contributed by atoms with E-state index >= 15 is 0 Å². The van der Waals surface area contributed by atoms with Gasteiger partial charge in [0.1, 0.15) is 11.5 Å². The minimum atomic E-state index is -4.21. The van der Waals surface area contributed by atoms with Crippen LogP contribution >= 0.6 is 23.4 Å². The summed E-state index contributed by atoms with van der Waals surface area (Å²) in [6.45, 7) is 4.48. The van der Waals surface area contributed by atoms with Crippen LogP contribution < -0.4 is 9.64 Å². The van der Waals surface area contributed by atoms with Crippen molar-refractivity contribution in [1.82, 2.24) is 0 Å². The van der Waals surface area contributed by atoms with E-state index in [9.17, 15) is 18.0 Å². The summed E-state index contributed by atoms with van der Waals surface area (Å²) in [4.78, 5) is 14.2. The van der Waals surface area contributed by atoms with E-state index in [0.717, 1.165) is 30.7 Å². The molecule has 1 atom stereocenters. The van der Waals surface area contributed by atoms with Crippen molar-refractivity contribution in [3.63, 3.8) is 0 Å². The van der Waals surface area contributed by atoms with Gasteiger partial charge in [-0.2, -0.15) is 26.1 Å². The quantitative estimate of drug-likeness (QED) is 0.184. The van der Waals surface area contributed by atoms with Crippen LogP contribution in [0.15, 0.2) is 78.9 Å². The van der Waals surface area contributed by atoms with Crippen molar-refractivity contribution in [3.05, 3.63) is 102 Å². The molecule has 190 valence electrons. The molecule has 10 heteroatoms. The molecule has 4 rings (SSSR count). The van der Waals surface area contributed by atoms with Crippen LogP contribution in [0.1, 0.15) is 18.4 Å². The molecule has 4 nitrogen and oxygen atoms in total. The van der Waals surface area contributed by atoms with Gasteiger partial charge in [-0.1, -0.05) is 48.4 Å². The average molecular weight is 705 g/mol. The molecule has 0 spiro atoms. The monoisotopic (exact) mass is 704 g/mol. The van der Waals surface area contributed by atoms with Crippen LogP contribution in [-0.2, 0) is 32.0 Å². The van der Waals surface area contributed by atoms with Crippen LogP contribution in [0.5, 0.6) is 11.5 Å². The Morgan fingerprint density at radius 3 is 2.11 bits per heavy atom. The molecule has 1 heterocycles. The number of hydrogen-bond acceptors (Lipinski definition) is 3. The Kier molecular flexibility index (Phi) is 12.3. The summed E-state index contributed by atoms with van der Waals surface area (Å²) in [5, 5.41) is 4.82. The first-order chi connectivity index (χ1) is 16.8. The summed E-state index contributed by atoms with van der Waals surface area (Å²) in [6.07, 6.45) is -2.45. The minimum absolute atomic E-state index is 0. The summed E-state index contributed by atoms with van der Waals surface area (Å²) in [6, 6.07) is 21.0. The van der Waals surface area contributed by atoms with Crippen molar-refractivity contribution in [3.8, 4) is 11.5 Å². The van der Waals surface area contributed by atoms with E-state index in [-0.39, 0.29) is 32.3 Å². The molecule has 1 fully saturated rings. The molecule has 0 aromatic heterocycles. The topological polar surface area (TPSA) is 43.6 Å². The Bertz CT molecular complexity index is 1070. The number of benzene rings is 3. The van der Waals surface area contributed by atoms with E-state index in [2.05, 4.69) is 12.2 Å². The van der Waals surface area contributed by atoms with Gasteiger partial charge in [-0.05, 0) is 53.9 Å². The molecular formula is C26H24ClF3N2O2SW. The zero-order valence-corrected chi connectivity index (χ0v) is 23.7. The van der Waals surface area contributed by atoms with Crippen molar-refractivity contribution in [1.29, 1.82) is 0 Å². The van der Waals surface area contributed by atoms with E-state index in [0.29, 0.717) is 28.9 Å². The Labute approximate surface area is 232 Å². The molecule has 0 bridgehead atoms. The van der Waals surface area contributed by atoms with Gasteiger partial charge in [0, 0.05) is 10.7 Å². The normalized spacial score (nSPS) is 15.1. The number of carbonyl (C=O) groups excluding carboxylic acids is 1. The van der Waals surface area contributed by atoms with E-state index < -0.39 is 11.7 Å². The van der Waals surface area contributed by atoms with Gasteiger partial charge in [0.2, 0.25) is 5.91 Å². The van der Waals surface area contributed by atoms with E-state index in [4.69, 9.17) is 16.3 Å². The Morgan fingerprint density at radius 2 is 1.58 bits per heavy atom. The van der Waals surface area contributed by atoms with Gasteiger partial charge in [-0.3, -0.25) is 4.79 Å². The number of anilines is 1. The Morgan fingerprint density at radius 1 is 1.00 bits per heavy atom. The maximum Gasteiger partial charge on any atom is 2.00 e. The summed E-state index contributed by atoms with van der Waals surface area (Å²) < 4.78 is 41.1. The molecule has 0 N–H and O–H groups in total. The summed E-state index contributed by atoms with van der Waals surface area (Å²) in [5.41, 5.74) is 0.255. The number of hydrogen-bond donors (Lipinski definition) is 0. The van der Waals surface area contributed by atoms with Crippen molar-refractivity contribution in [2.75, 3.05) is 17.3 Å². The van der Waals surface area contributed by atoms with Gasteiger partial charge in [-0.25, -0.2) is 0 Å². The number of nitrogens with zero attached hydrogens (tertiary/aromatic N) is 2. The fraction of sp³-hybridized carbons (Fsp3) is 0.231. The number of thioether (sulfide) groups is 1. The predicted octanol–water partition coefficient (Wildman–Crippen LogP) is 8.19. The fourth-order valence-corrected chi connectivity index (χ4v) is 4.20. The molecule has 1 aliphatic rings. The van der Waals surface area contributed by atoms with Crippen LogP contribution in [0.25, 0.3) is 5.32 Å². The summed E-state index contributed by atoms with van der Waals surface area (Å²) in [7, 11) is 0. The zero-order chi connectivity index (χ0) is 25.3. The second-order valence-electron chi connectivity index (χ2n) is 7.44. The molecule has 0 radical (unpaired) electrons. The Balaban J connectivity index is 0.000000350. The van der Waals surface area contributed by atoms with Crippen LogP contribution in [0.4, 0.5) is 18.9 Å². The van der Waals surface area contributed by atoms with Crippen LogP contribution in [0.2, 0.25) is 5.02 Å². The third kappa shape index (κ3) is 9.15. The maximum atomic E-state index is 12.5. The molecular weight excluding hydrogens is 681 g/mol. The third-order valence-corrected chi connectivity index (χ3v) is 6.17. The number of ether oxygens (including phenoxy) is 1. The van der Waals surface area contributed by atoms with E-state index in [1.54, 1.807) is 34.9 Å². The number of carbonyl (C=O) groups is 1. The van der Waals surface area contributed by atoms with Crippen molar-refractivity contribution < 1.29 is 43.8 Å². The van der Waals surface area contributed by atoms with Gasteiger partial charge in [0.05, 0.1) is 11.4 Å². The molecule has 1 aliphatic heterocycles. The van der Waals surface area contributed by atoms with Gasteiger partial charge < -0.3 is 21.9 Å². The SMILES string of the molecule is FC(F)(F)c1ccccc1.[CH2-]CCC[N-]C1SCN(c2ccc(Oc3ccc(Cl)cc3)cc2)C1=O.[W+2]. The molecule has 1 saturated heterocycles. The smallest absolute Gasteiger partial charge is 0.643 e. The maximum absolute atomic E-state index is 12.5. The van der Waals surface area contributed by atoms with Crippen LogP contribution in [0, 0.1) is 6.92 Å². The molecule has 3 aromatic rings. The molecule has 0 aliphatic carbocycles. The minimum Gasteiger partial charge on any atom is -0.643 e. The van der Waals surface area contributed by atoms with Gasteiger partial charge >= 0.3 is 27.2 Å². The second kappa shape index (κ2) is 14.7. The Hall–Kier alpha value is -1.99. The van der Waals surface area contributed by atoms with Crippen LogP contribution in [0.3, 0.4) is 0 Å². The first-order valence-electron chi connectivity index (χ1n) is 10.8. The molecule has 0 saturated carbocycles. The van der Waals surface area contributed by atoms with Crippen molar-refractivity contribution >= 4 is 35.0 Å². The number of alkyl halides is 3. The van der Waals surface area contributed by atoms with Gasteiger partial charge in [0.25, 0.3) is 0 Å². The number of rotatable bonds is 7. The van der Waals surface area contributed by atoms with Crippen molar-refractivity contribution in [2.24, 2.45) is 0 Å². The summed E-state index contributed by atoms with van der Waals surface area (Å²) in [5.74, 6) is 2.09. The largest absolute Gasteiger partial charge is 2.00 e. The van der Waals surface area contributed by atoms with E-state index in [1.165, 1.54) is 12.1 Å². The fourth-order valence-electron chi connectivity index (χ4n) is 3.03. The molecule has 1 unspecified atom stereocenters. The molecule has 1 amide bonds. The number of unbranched alkanes of at least 4 members (excludes halogenated alkanes) is 1. The number of halogens is 4. The van der Waals surface area contributed by atoms with Gasteiger partial charge in [-0.15, -0.1) is 11.8 Å². The first-order valence-corrected chi connectivity index (χ1v) is 12.2.